The molecular weight excluding hydrogens is 325 g/mol. The van der Waals surface area contributed by atoms with E-state index in [1.807, 2.05) is 0 Å². The van der Waals surface area contributed by atoms with E-state index < -0.39 is 11.7 Å². The van der Waals surface area contributed by atoms with Gasteiger partial charge in [0.25, 0.3) is 5.91 Å². The topological polar surface area (TPSA) is 49.3 Å². The predicted octanol–water partition coefficient (Wildman–Crippen LogP) is 3.12. The zero-order chi connectivity index (χ0) is 14.5. The average molecular weight is 344 g/mol. The van der Waals surface area contributed by atoms with Gasteiger partial charge in [-0.05, 0) is 42.9 Å². The van der Waals surface area contributed by atoms with Gasteiger partial charge in [-0.15, -0.1) is 0 Å². The summed E-state index contributed by atoms with van der Waals surface area (Å²) in [5, 5.41) is 12.1. The Bertz CT molecular complexity index is 481. The van der Waals surface area contributed by atoms with Crippen molar-refractivity contribution in [2.45, 2.75) is 25.7 Å². The van der Waals surface area contributed by atoms with Crippen LogP contribution in [0.4, 0.5) is 4.39 Å². The highest BCUT2D eigenvalue weighted by atomic mass is 79.9. The van der Waals surface area contributed by atoms with Crippen LogP contribution in [0.15, 0.2) is 22.7 Å². The number of carbonyl (C=O) groups excluding carboxylic acids is 1. The lowest BCUT2D eigenvalue weighted by atomic mass is 9.79. The second-order valence-corrected chi connectivity index (χ2v) is 6.24. The number of nitrogens with one attached hydrogen (secondary N) is 1. The summed E-state index contributed by atoms with van der Waals surface area (Å²) < 4.78 is 14.3. The maximum Gasteiger partial charge on any atom is 0.254 e. The van der Waals surface area contributed by atoms with Crippen LogP contribution in [0.1, 0.15) is 36.0 Å². The van der Waals surface area contributed by atoms with Crippen molar-refractivity contribution in [1.82, 2.24) is 5.32 Å². The molecule has 0 saturated heterocycles. The zero-order valence-corrected chi connectivity index (χ0v) is 12.8. The van der Waals surface area contributed by atoms with Gasteiger partial charge in [-0.1, -0.05) is 28.8 Å². The maximum atomic E-state index is 13.6. The SMILES string of the molecule is O=C(NCC1CCCCC1CO)c1cc(Br)ccc1F. The van der Waals surface area contributed by atoms with Gasteiger partial charge in [-0.2, -0.15) is 0 Å². The van der Waals surface area contributed by atoms with E-state index in [1.165, 1.54) is 12.1 Å². The van der Waals surface area contributed by atoms with Crippen molar-refractivity contribution in [3.05, 3.63) is 34.1 Å². The molecule has 1 amide bonds. The van der Waals surface area contributed by atoms with E-state index in [2.05, 4.69) is 21.2 Å². The molecule has 0 bridgehead atoms. The highest BCUT2D eigenvalue weighted by Crippen LogP contribution is 2.29. The van der Waals surface area contributed by atoms with Gasteiger partial charge in [-0.3, -0.25) is 4.79 Å². The van der Waals surface area contributed by atoms with Gasteiger partial charge in [0, 0.05) is 17.6 Å². The first kappa shape index (κ1) is 15.4. The van der Waals surface area contributed by atoms with E-state index in [4.69, 9.17) is 0 Å². The fourth-order valence-corrected chi connectivity index (χ4v) is 3.15. The Balaban J connectivity index is 1.96. The number of amides is 1. The molecule has 2 rings (SSSR count). The first-order chi connectivity index (χ1) is 9.61. The van der Waals surface area contributed by atoms with Crippen LogP contribution in [0.25, 0.3) is 0 Å². The molecule has 1 aliphatic carbocycles. The van der Waals surface area contributed by atoms with Crippen molar-refractivity contribution in [1.29, 1.82) is 0 Å². The number of aliphatic hydroxyl groups is 1. The maximum absolute atomic E-state index is 13.6. The second kappa shape index (κ2) is 7.18. The number of aliphatic hydroxyl groups excluding tert-OH is 1. The third kappa shape index (κ3) is 3.79. The first-order valence-corrected chi connectivity index (χ1v) is 7.75. The van der Waals surface area contributed by atoms with E-state index in [0.717, 1.165) is 25.7 Å². The molecule has 1 aliphatic rings. The van der Waals surface area contributed by atoms with Gasteiger partial charge in [0.15, 0.2) is 0 Å². The van der Waals surface area contributed by atoms with Crippen LogP contribution < -0.4 is 5.32 Å². The van der Waals surface area contributed by atoms with Gasteiger partial charge >= 0.3 is 0 Å². The van der Waals surface area contributed by atoms with Gasteiger partial charge in [0.1, 0.15) is 5.82 Å². The lowest BCUT2D eigenvalue weighted by Crippen LogP contribution is -2.35. The minimum atomic E-state index is -0.520. The summed E-state index contributed by atoms with van der Waals surface area (Å²) in [6.07, 6.45) is 4.27. The predicted molar refractivity (Wildman–Crippen MR) is 79.0 cm³/mol. The number of benzene rings is 1. The molecule has 20 heavy (non-hydrogen) atoms. The van der Waals surface area contributed by atoms with Crippen molar-refractivity contribution >= 4 is 21.8 Å². The van der Waals surface area contributed by atoms with Crippen molar-refractivity contribution in [3.63, 3.8) is 0 Å². The number of rotatable bonds is 4. The molecule has 1 aromatic carbocycles. The van der Waals surface area contributed by atoms with E-state index in [-0.39, 0.29) is 24.0 Å². The normalized spacial score (nSPS) is 22.6. The molecule has 1 saturated carbocycles. The molecule has 0 radical (unpaired) electrons. The molecule has 0 heterocycles. The summed E-state index contributed by atoms with van der Waals surface area (Å²) in [6.45, 7) is 0.655. The summed E-state index contributed by atoms with van der Waals surface area (Å²) in [5.74, 6) is -0.386. The molecular formula is C15H19BrFNO2. The van der Waals surface area contributed by atoms with E-state index in [0.29, 0.717) is 11.0 Å². The van der Waals surface area contributed by atoms with Crippen molar-refractivity contribution in [2.75, 3.05) is 13.2 Å². The summed E-state index contributed by atoms with van der Waals surface area (Å²) in [4.78, 5) is 12.0. The number of hydrogen-bond acceptors (Lipinski definition) is 2. The average Bonchev–Trinajstić information content (AvgIpc) is 2.47. The molecule has 3 nitrogen and oxygen atoms in total. The lowest BCUT2D eigenvalue weighted by molar-refractivity contribution is 0.0905. The summed E-state index contributed by atoms with van der Waals surface area (Å²) in [7, 11) is 0. The monoisotopic (exact) mass is 343 g/mol. The van der Waals surface area contributed by atoms with Crippen molar-refractivity contribution in [3.8, 4) is 0 Å². The van der Waals surface area contributed by atoms with Crippen molar-refractivity contribution < 1.29 is 14.3 Å². The molecule has 1 fully saturated rings. The van der Waals surface area contributed by atoms with Crippen LogP contribution in [0, 0.1) is 17.7 Å². The third-order valence-corrected chi connectivity index (χ3v) is 4.49. The summed E-state index contributed by atoms with van der Waals surface area (Å²) in [6, 6.07) is 4.32. The Kier molecular flexibility index (Phi) is 5.54. The standard InChI is InChI=1S/C15H19BrFNO2/c16-12-5-6-14(17)13(7-12)15(20)18-8-10-3-1-2-4-11(10)9-19/h5-7,10-11,19H,1-4,8-9H2,(H,18,20). The summed E-state index contributed by atoms with van der Waals surface area (Å²) in [5.41, 5.74) is 0.0516. The van der Waals surface area contributed by atoms with Crippen LogP contribution >= 0.6 is 15.9 Å². The highest BCUT2D eigenvalue weighted by molar-refractivity contribution is 9.10. The van der Waals surface area contributed by atoms with Crippen molar-refractivity contribution in [2.24, 2.45) is 11.8 Å². The van der Waals surface area contributed by atoms with E-state index >= 15 is 0 Å². The molecule has 0 aromatic heterocycles. The molecule has 5 heteroatoms. The molecule has 1 aromatic rings. The third-order valence-electron chi connectivity index (χ3n) is 4.00. The molecule has 2 N–H and O–H groups in total. The lowest BCUT2D eigenvalue weighted by Gasteiger charge is -2.30. The van der Waals surface area contributed by atoms with E-state index in [9.17, 15) is 14.3 Å². The molecule has 0 aliphatic heterocycles. The van der Waals surface area contributed by atoms with Crippen LogP contribution in [0.5, 0.6) is 0 Å². The molecule has 2 atom stereocenters. The minimum absolute atomic E-state index is 0.0516. The van der Waals surface area contributed by atoms with Gasteiger partial charge in [-0.25, -0.2) is 4.39 Å². The van der Waals surface area contributed by atoms with Gasteiger partial charge < -0.3 is 10.4 Å². The van der Waals surface area contributed by atoms with E-state index in [1.54, 1.807) is 6.07 Å². The zero-order valence-electron chi connectivity index (χ0n) is 11.2. The second-order valence-electron chi connectivity index (χ2n) is 5.32. The number of hydrogen-bond donors (Lipinski definition) is 2. The Morgan fingerprint density at radius 1 is 1.35 bits per heavy atom. The van der Waals surface area contributed by atoms with Gasteiger partial charge in [0.05, 0.1) is 5.56 Å². The van der Waals surface area contributed by atoms with Crippen LogP contribution in [-0.2, 0) is 0 Å². The van der Waals surface area contributed by atoms with Crippen LogP contribution in [-0.4, -0.2) is 24.2 Å². The quantitative estimate of drug-likeness (QED) is 0.882. The number of halogens is 2. The molecule has 2 unspecified atom stereocenters. The first-order valence-electron chi connectivity index (χ1n) is 6.96. The largest absolute Gasteiger partial charge is 0.396 e. The Morgan fingerprint density at radius 3 is 2.75 bits per heavy atom. The fraction of sp³-hybridized carbons (Fsp3) is 0.533. The summed E-state index contributed by atoms with van der Waals surface area (Å²) >= 11 is 3.23. The van der Waals surface area contributed by atoms with Crippen LogP contribution in [0.3, 0.4) is 0 Å². The minimum Gasteiger partial charge on any atom is -0.396 e. The van der Waals surface area contributed by atoms with Crippen LogP contribution in [0.2, 0.25) is 0 Å². The Labute approximate surface area is 126 Å². The van der Waals surface area contributed by atoms with Gasteiger partial charge in [0.2, 0.25) is 0 Å². The molecule has 0 spiro atoms. The molecule has 110 valence electrons. The smallest absolute Gasteiger partial charge is 0.254 e. The number of carbonyl (C=O) groups is 1. The fourth-order valence-electron chi connectivity index (χ4n) is 2.78. The highest BCUT2D eigenvalue weighted by Gasteiger charge is 2.25. The Morgan fingerprint density at radius 2 is 2.05 bits per heavy atom. The Hall–Kier alpha value is -0.940.